The van der Waals surface area contributed by atoms with Crippen molar-refractivity contribution in [2.24, 2.45) is 0 Å². The first-order valence-electron chi connectivity index (χ1n) is 5.98. The third kappa shape index (κ3) is 3.67. The van der Waals surface area contributed by atoms with E-state index in [-0.39, 0.29) is 0 Å². The van der Waals surface area contributed by atoms with Gasteiger partial charge in [-0.1, -0.05) is 15.9 Å². The monoisotopic (exact) mass is 292 g/mol. The van der Waals surface area contributed by atoms with Crippen molar-refractivity contribution in [3.63, 3.8) is 0 Å². The summed E-state index contributed by atoms with van der Waals surface area (Å²) in [4.78, 5) is 4.80. The summed E-state index contributed by atoms with van der Waals surface area (Å²) < 4.78 is 11.4. The highest BCUT2D eigenvalue weighted by Crippen LogP contribution is 2.11. The number of halogens is 1. The maximum atomic E-state index is 5.78. The molecule has 4 nitrogen and oxygen atoms in total. The number of ether oxygens (including phenoxy) is 2. The van der Waals surface area contributed by atoms with E-state index in [0.29, 0.717) is 12.2 Å². The number of likely N-dealkylation sites (N-methyl/N-ethyl adjacent to an activating group) is 1. The van der Waals surface area contributed by atoms with Gasteiger partial charge < -0.3 is 14.4 Å². The Labute approximate surface area is 106 Å². The summed E-state index contributed by atoms with van der Waals surface area (Å²) >= 11 is 3.48. The number of alkyl halides is 1. The molecule has 0 spiro atoms. The Hall–Kier alpha value is 0.320. The second kappa shape index (κ2) is 6.31. The first-order chi connectivity index (χ1) is 7.78. The summed E-state index contributed by atoms with van der Waals surface area (Å²) in [6, 6.07) is 0. The molecule has 0 amide bonds. The molecule has 2 aliphatic heterocycles. The van der Waals surface area contributed by atoms with Crippen molar-refractivity contribution < 1.29 is 9.47 Å². The average molecular weight is 293 g/mol. The molecule has 2 saturated heterocycles. The number of nitrogens with zero attached hydrogens (tertiary/aromatic N) is 2. The van der Waals surface area contributed by atoms with Crippen LogP contribution in [0.25, 0.3) is 0 Å². The molecule has 0 saturated carbocycles. The highest BCUT2D eigenvalue weighted by atomic mass is 79.9. The maximum absolute atomic E-state index is 5.78. The fourth-order valence-corrected chi connectivity index (χ4v) is 2.70. The van der Waals surface area contributed by atoms with Crippen LogP contribution in [-0.2, 0) is 9.47 Å². The van der Waals surface area contributed by atoms with Crippen molar-refractivity contribution >= 4 is 15.9 Å². The molecule has 0 aliphatic carbocycles. The third-order valence-electron chi connectivity index (χ3n) is 3.20. The van der Waals surface area contributed by atoms with E-state index < -0.39 is 0 Å². The van der Waals surface area contributed by atoms with Gasteiger partial charge in [-0.3, -0.25) is 4.90 Å². The van der Waals surface area contributed by atoms with Gasteiger partial charge in [0.1, 0.15) is 0 Å². The van der Waals surface area contributed by atoms with Crippen LogP contribution in [-0.4, -0.2) is 80.3 Å². The van der Waals surface area contributed by atoms with E-state index in [1.165, 1.54) is 0 Å². The quantitative estimate of drug-likeness (QED) is 0.704. The van der Waals surface area contributed by atoms with Gasteiger partial charge >= 0.3 is 0 Å². The van der Waals surface area contributed by atoms with E-state index in [9.17, 15) is 0 Å². The highest BCUT2D eigenvalue weighted by molar-refractivity contribution is 9.09. The number of rotatable bonds is 3. The average Bonchev–Trinajstić information content (AvgIpc) is 2.29. The van der Waals surface area contributed by atoms with Gasteiger partial charge in [-0.05, 0) is 7.05 Å². The molecule has 2 rings (SSSR count). The molecule has 0 bridgehead atoms. The third-order valence-corrected chi connectivity index (χ3v) is 3.92. The minimum Gasteiger partial charge on any atom is -0.375 e. The van der Waals surface area contributed by atoms with E-state index in [0.717, 1.165) is 51.3 Å². The Morgan fingerprint density at radius 1 is 1.12 bits per heavy atom. The summed E-state index contributed by atoms with van der Waals surface area (Å²) in [6.45, 7) is 6.92. The molecular formula is C11H21BrN2O2. The van der Waals surface area contributed by atoms with Crippen molar-refractivity contribution in [3.8, 4) is 0 Å². The van der Waals surface area contributed by atoms with Crippen LogP contribution in [0, 0.1) is 0 Å². The second-order valence-electron chi connectivity index (χ2n) is 4.66. The summed E-state index contributed by atoms with van der Waals surface area (Å²) in [5.41, 5.74) is 0. The predicted octanol–water partition coefficient (Wildman–Crippen LogP) is 0.413. The molecule has 0 radical (unpaired) electrons. The van der Waals surface area contributed by atoms with E-state index in [4.69, 9.17) is 9.47 Å². The number of hydrogen-bond donors (Lipinski definition) is 0. The van der Waals surface area contributed by atoms with Gasteiger partial charge in [-0.2, -0.15) is 0 Å². The molecule has 2 aliphatic rings. The van der Waals surface area contributed by atoms with Crippen LogP contribution in [0.5, 0.6) is 0 Å². The molecule has 2 heterocycles. The van der Waals surface area contributed by atoms with Crippen LogP contribution in [0.4, 0.5) is 0 Å². The van der Waals surface area contributed by atoms with Crippen molar-refractivity contribution in [3.05, 3.63) is 0 Å². The normalized spacial score (nSPS) is 34.1. The lowest BCUT2D eigenvalue weighted by atomic mass is 10.2. The lowest BCUT2D eigenvalue weighted by molar-refractivity contribution is -0.0654. The van der Waals surface area contributed by atoms with Crippen LogP contribution in [0.2, 0.25) is 0 Å². The van der Waals surface area contributed by atoms with Gasteiger partial charge in [0.25, 0.3) is 0 Å². The van der Waals surface area contributed by atoms with Crippen molar-refractivity contribution in [1.82, 2.24) is 9.80 Å². The van der Waals surface area contributed by atoms with Gasteiger partial charge in [0.2, 0.25) is 0 Å². The highest BCUT2D eigenvalue weighted by Gasteiger charge is 2.24. The SMILES string of the molecule is CN1CCOC(CN2CCOC(CBr)C2)C1. The minimum atomic E-state index is 0.343. The van der Waals surface area contributed by atoms with Gasteiger partial charge in [0, 0.05) is 38.1 Å². The van der Waals surface area contributed by atoms with E-state index in [1.54, 1.807) is 0 Å². The van der Waals surface area contributed by atoms with Crippen molar-refractivity contribution in [1.29, 1.82) is 0 Å². The van der Waals surface area contributed by atoms with Gasteiger partial charge in [-0.25, -0.2) is 0 Å². The zero-order valence-corrected chi connectivity index (χ0v) is 11.5. The molecule has 5 heteroatoms. The van der Waals surface area contributed by atoms with Crippen LogP contribution in [0.1, 0.15) is 0 Å². The molecule has 2 atom stereocenters. The van der Waals surface area contributed by atoms with Crippen molar-refractivity contribution in [2.75, 3.05) is 58.3 Å². The van der Waals surface area contributed by atoms with Crippen LogP contribution in [0.3, 0.4) is 0 Å². The molecule has 94 valence electrons. The molecular weight excluding hydrogens is 272 g/mol. The smallest absolute Gasteiger partial charge is 0.0829 e. The Kier molecular flexibility index (Phi) is 5.03. The molecule has 0 aromatic carbocycles. The van der Waals surface area contributed by atoms with Crippen LogP contribution < -0.4 is 0 Å². The maximum Gasteiger partial charge on any atom is 0.0829 e. The second-order valence-corrected chi connectivity index (χ2v) is 5.31. The molecule has 2 fully saturated rings. The molecule has 0 aromatic rings. The van der Waals surface area contributed by atoms with Crippen LogP contribution in [0.15, 0.2) is 0 Å². The first-order valence-corrected chi connectivity index (χ1v) is 7.10. The lowest BCUT2D eigenvalue weighted by Gasteiger charge is -2.37. The minimum absolute atomic E-state index is 0.343. The Morgan fingerprint density at radius 2 is 1.88 bits per heavy atom. The summed E-state index contributed by atoms with van der Waals surface area (Å²) in [5, 5.41) is 0.926. The Bertz CT molecular complexity index is 218. The number of hydrogen-bond acceptors (Lipinski definition) is 4. The summed E-state index contributed by atoms with van der Waals surface area (Å²) in [5.74, 6) is 0. The standard InChI is InChI=1S/C11H21BrN2O2/c1-13-2-4-16-11(7-13)9-14-3-5-15-10(6-12)8-14/h10-11H,2-9H2,1H3. The summed E-state index contributed by atoms with van der Waals surface area (Å²) in [7, 11) is 2.16. The fraction of sp³-hybridized carbons (Fsp3) is 1.00. The largest absolute Gasteiger partial charge is 0.375 e. The van der Waals surface area contributed by atoms with Gasteiger partial charge in [0.15, 0.2) is 0 Å². The molecule has 0 aromatic heterocycles. The van der Waals surface area contributed by atoms with E-state index in [1.807, 2.05) is 0 Å². The fourth-order valence-electron chi connectivity index (χ4n) is 2.30. The summed E-state index contributed by atoms with van der Waals surface area (Å²) in [6.07, 6.45) is 0.711. The zero-order chi connectivity index (χ0) is 11.4. The molecule has 0 N–H and O–H groups in total. The number of morpholine rings is 2. The first kappa shape index (κ1) is 12.8. The van der Waals surface area contributed by atoms with Crippen LogP contribution >= 0.6 is 15.9 Å². The lowest BCUT2D eigenvalue weighted by Crippen LogP contribution is -2.50. The van der Waals surface area contributed by atoms with Gasteiger partial charge in [0.05, 0.1) is 25.4 Å². The zero-order valence-electron chi connectivity index (χ0n) is 9.90. The van der Waals surface area contributed by atoms with E-state index in [2.05, 4.69) is 32.8 Å². The van der Waals surface area contributed by atoms with Gasteiger partial charge in [-0.15, -0.1) is 0 Å². The molecule has 2 unspecified atom stereocenters. The Morgan fingerprint density at radius 3 is 2.62 bits per heavy atom. The molecule has 16 heavy (non-hydrogen) atoms. The van der Waals surface area contributed by atoms with E-state index >= 15 is 0 Å². The van der Waals surface area contributed by atoms with Crippen molar-refractivity contribution in [2.45, 2.75) is 12.2 Å². The topological polar surface area (TPSA) is 24.9 Å². The Balaban J connectivity index is 1.75. The predicted molar refractivity (Wildman–Crippen MR) is 67.2 cm³/mol.